The molecule has 3 rings (SSSR count). The van der Waals surface area contributed by atoms with Crippen LogP contribution >= 0.6 is 11.8 Å². The van der Waals surface area contributed by atoms with E-state index in [0.29, 0.717) is 25.0 Å². The molecular formula is C20H36N4O2S. The van der Waals surface area contributed by atoms with Crippen LogP contribution in [0.3, 0.4) is 0 Å². The number of rotatable bonds is 7. The zero-order valence-corrected chi connectivity index (χ0v) is 18.3. The normalized spacial score (nSPS) is 26.4. The second kappa shape index (κ2) is 8.70. The number of likely N-dealkylation sites (N-methyl/N-ethyl adjacent to an activating group) is 1. The monoisotopic (exact) mass is 396 g/mol. The van der Waals surface area contributed by atoms with Gasteiger partial charge >= 0.3 is 6.03 Å². The van der Waals surface area contributed by atoms with Crippen LogP contribution in [-0.2, 0) is 4.79 Å². The first kappa shape index (κ1) is 20.9. The SMILES string of the molecule is CC(C)CCN1C(=O)N(CCN(C)C)C(=O)C12CCN(C1CCSC1)CC2. The van der Waals surface area contributed by atoms with E-state index >= 15 is 0 Å². The first-order chi connectivity index (χ1) is 12.8. The summed E-state index contributed by atoms with van der Waals surface area (Å²) in [7, 11) is 3.96. The van der Waals surface area contributed by atoms with Gasteiger partial charge in [0.2, 0.25) is 0 Å². The Morgan fingerprint density at radius 1 is 1.19 bits per heavy atom. The number of likely N-dealkylation sites (tertiary alicyclic amines) is 1. The van der Waals surface area contributed by atoms with Crippen LogP contribution in [0.4, 0.5) is 4.79 Å². The molecule has 1 spiro atoms. The van der Waals surface area contributed by atoms with E-state index in [1.54, 1.807) is 0 Å². The van der Waals surface area contributed by atoms with E-state index in [0.717, 1.165) is 38.9 Å². The lowest BCUT2D eigenvalue weighted by Crippen LogP contribution is -2.58. The Hall–Kier alpha value is -0.790. The van der Waals surface area contributed by atoms with Crippen LogP contribution in [0.5, 0.6) is 0 Å². The highest BCUT2D eigenvalue weighted by atomic mass is 32.2. The number of carbonyl (C=O) groups is 2. The molecule has 7 heteroatoms. The summed E-state index contributed by atoms with van der Waals surface area (Å²) in [5.41, 5.74) is -0.597. The Labute approximate surface area is 168 Å². The second-order valence-electron chi connectivity index (χ2n) is 8.96. The Bertz CT molecular complexity index is 540. The van der Waals surface area contributed by atoms with Crippen molar-refractivity contribution in [3.05, 3.63) is 0 Å². The molecule has 3 aliphatic rings. The molecule has 1 unspecified atom stereocenters. The fourth-order valence-corrected chi connectivity index (χ4v) is 5.78. The number of hydrogen-bond acceptors (Lipinski definition) is 5. The van der Waals surface area contributed by atoms with Crippen LogP contribution in [0.25, 0.3) is 0 Å². The molecule has 3 amide bonds. The van der Waals surface area contributed by atoms with Crippen LogP contribution in [0.15, 0.2) is 0 Å². The fraction of sp³-hybridized carbons (Fsp3) is 0.900. The molecule has 0 saturated carbocycles. The predicted octanol–water partition coefficient (Wildman–Crippen LogP) is 2.20. The van der Waals surface area contributed by atoms with E-state index in [-0.39, 0.29) is 11.9 Å². The molecule has 6 nitrogen and oxygen atoms in total. The summed E-state index contributed by atoms with van der Waals surface area (Å²) >= 11 is 2.04. The lowest BCUT2D eigenvalue weighted by molar-refractivity contribution is -0.136. The summed E-state index contributed by atoms with van der Waals surface area (Å²) in [5, 5.41) is 0. The van der Waals surface area contributed by atoms with E-state index in [1.807, 2.05) is 35.7 Å². The summed E-state index contributed by atoms with van der Waals surface area (Å²) in [5.74, 6) is 3.05. The van der Waals surface area contributed by atoms with Crippen molar-refractivity contribution >= 4 is 23.7 Å². The maximum absolute atomic E-state index is 13.4. The van der Waals surface area contributed by atoms with E-state index < -0.39 is 5.54 Å². The summed E-state index contributed by atoms with van der Waals surface area (Å²) in [6.07, 6.45) is 3.78. The van der Waals surface area contributed by atoms with E-state index in [9.17, 15) is 9.59 Å². The lowest BCUT2D eigenvalue weighted by Gasteiger charge is -2.44. The van der Waals surface area contributed by atoms with Crippen molar-refractivity contribution in [3.8, 4) is 0 Å². The van der Waals surface area contributed by atoms with Crippen molar-refractivity contribution in [1.82, 2.24) is 19.6 Å². The van der Waals surface area contributed by atoms with Gasteiger partial charge in [0.05, 0.1) is 0 Å². The highest BCUT2D eigenvalue weighted by molar-refractivity contribution is 7.99. The van der Waals surface area contributed by atoms with Gasteiger partial charge in [0.15, 0.2) is 0 Å². The summed E-state index contributed by atoms with van der Waals surface area (Å²) < 4.78 is 0. The number of imide groups is 1. The largest absolute Gasteiger partial charge is 0.327 e. The molecule has 3 aliphatic heterocycles. The number of thioether (sulfide) groups is 1. The summed E-state index contributed by atoms with van der Waals surface area (Å²) in [6, 6.07) is 0.598. The molecule has 0 radical (unpaired) electrons. The van der Waals surface area contributed by atoms with Gasteiger partial charge in [-0.2, -0.15) is 11.8 Å². The Kier molecular flexibility index (Phi) is 6.75. The van der Waals surface area contributed by atoms with Gasteiger partial charge in [0.1, 0.15) is 5.54 Å². The highest BCUT2D eigenvalue weighted by Crippen LogP contribution is 2.39. The number of amides is 3. The standard InChI is InChI=1S/C20H36N4O2S/c1-16(2)5-9-24-19(26)23(13-12-21(3)4)18(25)20(24)7-10-22(11-8-20)17-6-14-27-15-17/h16-17H,5-15H2,1-4H3. The minimum absolute atomic E-state index is 0.0542. The lowest BCUT2D eigenvalue weighted by atomic mass is 9.85. The van der Waals surface area contributed by atoms with Gasteiger partial charge in [-0.05, 0) is 51.4 Å². The fourth-order valence-electron chi connectivity index (χ4n) is 4.53. The van der Waals surface area contributed by atoms with Gasteiger partial charge < -0.3 is 9.80 Å². The van der Waals surface area contributed by atoms with Crippen molar-refractivity contribution < 1.29 is 9.59 Å². The van der Waals surface area contributed by atoms with Crippen molar-refractivity contribution in [2.24, 2.45) is 5.92 Å². The van der Waals surface area contributed by atoms with Crippen molar-refractivity contribution in [3.63, 3.8) is 0 Å². The molecule has 27 heavy (non-hydrogen) atoms. The third-order valence-electron chi connectivity index (χ3n) is 6.37. The zero-order chi connectivity index (χ0) is 19.6. The molecule has 3 fully saturated rings. The van der Waals surface area contributed by atoms with Crippen LogP contribution in [0.1, 0.15) is 39.5 Å². The first-order valence-electron chi connectivity index (χ1n) is 10.5. The minimum Gasteiger partial charge on any atom is -0.309 e. The van der Waals surface area contributed by atoms with E-state index in [4.69, 9.17) is 0 Å². The summed E-state index contributed by atoms with van der Waals surface area (Å²) in [6.45, 7) is 8.14. The smallest absolute Gasteiger partial charge is 0.309 e. The molecule has 0 N–H and O–H groups in total. The van der Waals surface area contributed by atoms with Gasteiger partial charge in [0.25, 0.3) is 5.91 Å². The average molecular weight is 397 g/mol. The highest BCUT2D eigenvalue weighted by Gasteiger charge is 2.57. The second-order valence-corrected chi connectivity index (χ2v) is 10.1. The Morgan fingerprint density at radius 3 is 2.44 bits per heavy atom. The topological polar surface area (TPSA) is 47.1 Å². The molecule has 154 valence electrons. The number of urea groups is 1. The average Bonchev–Trinajstić information content (AvgIpc) is 3.21. The molecule has 0 aromatic carbocycles. The number of carbonyl (C=O) groups excluding carboxylic acids is 2. The predicted molar refractivity (Wildman–Crippen MR) is 111 cm³/mol. The van der Waals surface area contributed by atoms with Crippen molar-refractivity contribution in [1.29, 1.82) is 0 Å². The van der Waals surface area contributed by atoms with Gasteiger partial charge in [0, 0.05) is 44.5 Å². The third-order valence-corrected chi connectivity index (χ3v) is 7.51. The molecule has 0 aromatic rings. The maximum Gasteiger partial charge on any atom is 0.327 e. The molecule has 0 aromatic heterocycles. The van der Waals surface area contributed by atoms with Crippen LogP contribution in [0.2, 0.25) is 0 Å². The molecule has 0 aliphatic carbocycles. The van der Waals surface area contributed by atoms with Crippen LogP contribution in [-0.4, -0.2) is 101 Å². The van der Waals surface area contributed by atoms with Gasteiger partial charge in [-0.25, -0.2) is 4.79 Å². The third kappa shape index (κ3) is 4.30. The molecular weight excluding hydrogens is 360 g/mol. The number of nitrogens with zero attached hydrogens (tertiary/aromatic N) is 4. The van der Waals surface area contributed by atoms with Gasteiger partial charge in [-0.3, -0.25) is 14.6 Å². The molecule has 3 saturated heterocycles. The number of hydrogen-bond donors (Lipinski definition) is 0. The quantitative estimate of drug-likeness (QED) is 0.618. The van der Waals surface area contributed by atoms with Gasteiger partial charge in [-0.15, -0.1) is 0 Å². The van der Waals surface area contributed by atoms with E-state index in [1.165, 1.54) is 22.8 Å². The van der Waals surface area contributed by atoms with Crippen molar-refractivity contribution in [2.75, 3.05) is 58.3 Å². The maximum atomic E-state index is 13.4. The number of piperidine rings is 1. The van der Waals surface area contributed by atoms with Crippen LogP contribution in [0, 0.1) is 5.92 Å². The zero-order valence-electron chi connectivity index (χ0n) is 17.4. The molecule has 1 atom stereocenters. The van der Waals surface area contributed by atoms with Crippen LogP contribution < -0.4 is 0 Å². The van der Waals surface area contributed by atoms with E-state index in [2.05, 4.69) is 18.7 Å². The Balaban J connectivity index is 1.74. The molecule has 0 bridgehead atoms. The molecule has 3 heterocycles. The Morgan fingerprint density at radius 2 is 1.89 bits per heavy atom. The minimum atomic E-state index is -0.597. The first-order valence-corrected chi connectivity index (χ1v) is 11.6. The summed E-state index contributed by atoms with van der Waals surface area (Å²) in [4.78, 5) is 34.6. The van der Waals surface area contributed by atoms with Crippen molar-refractivity contribution in [2.45, 2.75) is 51.1 Å². The van der Waals surface area contributed by atoms with Gasteiger partial charge in [-0.1, -0.05) is 13.8 Å².